The Kier molecular flexibility index (Phi) is 3.95. The van der Waals surface area contributed by atoms with Crippen LogP contribution >= 0.6 is 0 Å². The van der Waals surface area contributed by atoms with Gasteiger partial charge in [-0.3, -0.25) is 0 Å². The fraction of sp³-hybridized carbons (Fsp3) is 0.700. The van der Waals surface area contributed by atoms with Gasteiger partial charge in [0.1, 0.15) is 0 Å². The molecule has 0 aromatic carbocycles. The van der Waals surface area contributed by atoms with Crippen LogP contribution in [0.2, 0.25) is 0 Å². The number of rotatable bonds is 5. The van der Waals surface area contributed by atoms with Crippen molar-refractivity contribution in [1.82, 2.24) is 9.55 Å². The third-order valence-electron chi connectivity index (χ3n) is 2.28. The summed E-state index contributed by atoms with van der Waals surface area (Å²) in [5.41, 5.74) is 5.51. The number of aromatic nitrogens is 2. The summed E-state index contributed by atoms with van der Waals surface area (Å²) in [7, 11) is 2.01. The van der Waals surface area contributed by atoms with E-state index < -0.39 is 0 Å². The van der Waals surface area contributed by atoms with Gasteiger partial charge in [0.2, 0.25) is 5.95 Å². The smallest absolute Gasteiger partial charge is 0.205 e. The van der Waals surface area contributed by atoms with E-state index in [0.29, 0.717) is 6.04 Å². The van der Waals surface area contributed by atoms with Crippen LogP contribution in [-0.2, 0) is 7.05 Å². The molecular weight excluding hydrogens is 176 g/mol. The molecule has 1 rings (SSSR count). The Morgan fingerprint density at radius 1 is 1.57 bits per heavy atom. The second-order valence-corrected chi connectivity index (χ2v) is 3.77. The summed E-state index contributed by atoms with van der Waals surface area (Å²) < 4.78 is 2.04. The van der Waals surface area contributed by atoms with Crippen LogP contribution in [-0.4, -0.2) is 28.7 Å². The third-order valence-corrected chi connectivity index (χ3v) is 2.28. The van der Waals surface area contributed by atoms with Gasteiger partial charge in [0.15, 0.2) is 0 Å². The van der Waals surface area contributed by atoms with Crippen LogP contribution in [0.1, 0.15) is 20.3 Å². The predicted octanol–water partition coefficient (Wildman–Crippen LogP) is 0.984. The minimum absolute atomic E-state index is 0.461. The summed E-state index contributed by atoms with van der Waals surface area (Å²) in [6.07, 6.45) is 4.80. The van der Waals surface area contributed by atoms with Gasteiger partial charge in [-0.1, -0.05) is 0 Å². The topological polar surface area (TPSA) is 47.1 Å². The Morgan fingerprint density at radius 2 is 2.29 bits per heavy atom. The van der Waals surface area contributed by atoms with E-state index in [9.17, 15) is 0 Å². The number of hydrogen-bond donors (Lipinski definition) is 1. The normalized spacial score (nSPS) is 10.9. The van der Waals surface area contributed by atoms with Gasteiger partial charge in [0.05, 0.1) is 0 Å². The molecule has 4 heteroatoms. The molecule has 14 heavy (non-hydrogen) atoms. The molecule has 2 N–H and O–H groups in total. The Morgan fingerprint density at radius 3 is 2.71 bits per heavy atom. The van der Waals surface area contributed by atoms with Gasteiger partial charge in [-0.2, -0.15) is 0 Å². The number of nitrogens with zero attached hydrogens (tertiary/aromatic N) is 3. The number of aryl methyl sites for hydroxylation is 1. The molecule has 0 fully saturated rings. The van der Waals surface area contributed by atoms with Crippen molar-refractivity contribution in [3.8, 4) is 0 Å². The zero-order valence-electron chi connectivity index (χ0n) is 9.27. The monoisotopic (exact) mass is 196 g/mol. The summed E-state index contributed by atoms with van der Waals surface area (Å²) in [6.45, 7) is 6.04. The summed E-state index contributed by atoms with van der Waals surface area (Å²) in [6, 6.07) is 0.461. The largest absolute Gasteiger partial charge is 0.340 e. The summed E-state index contributed by atoms with van der Waals surface area (Å²) >= 11 is 0. The molecule has 0 amide bonds. The number of imidazole rings is 1. The van der Waals surface area contributed by atoms with E-state index in [0.717, 1.165) is 25.5 Å². The van der Waals surface area contributed by atoms with Gasteiger partial charge in [0, 0.05) is 32.0 Å². The zero-order valence-corrected chi connectivity index (χ0v) is 9.27. The molecule has 0 spiro atoms. The van der Waals surface area contributed by atoms with Crippen LogP contribution in [0.5, 0.6) is 0 Å². The average molecular weight is 196 g/mol. The van der Waals surface area contributed by atoms with Crippen LogP contribution in [0.4, 0.5) is 5.95 Å². The van der Waals surface area contributed by atoms with Gasteiger partial charge in [-0.05, 0) is 26.8 Å². The van der Waals surface area contributed by atoms with Gasteiger partial charge >= 0.3 is 0 Å². The molecule has 0 bridgehead atoms. The minimum atomic E-state index is 0.461. The quantitative estimate of drug-likeness (QED) is 0.763. The number of anilines is 1. The highest BCUT2D eigenvalue weighted by Gasteiger charge is 2.13. The van der Waals surface area contributed by atoms with Crippen molar-refractivity contribution in [2.75, 3.05) is 18.0 Å². The standard InChI is InChI=1S/C10H20N4/c1-9(2)14(7-4-5-11)10-12-6-8-13(10)3/h6,8-9H,4-5,7,11H2,1-3H3. The maximum atomic E-state index is 5.51. The fourth-order valence-electron chi connectivity index (χ4n) is 1.49. The number of hydrogen-bond acceptors (Lipinski definition) is 3. The molecule has 0 saturated heterocycles. The van der Waals surface area contributed by atoms with Crippen LogP contribution < -0.4 is 10.6 Å². The lowest BCUT2D eigenvalue weighted by atomic mass is 10.3. The first kappa shape index (κ1) is 11.0. The molecule has 0 unspecified atom stereocenters. The first-order valence-electron chi connectivity index (χ1n) is 5.11. The molecule has 1 aromatic heterocycles. The van der Waals surface area contributed by atoms with E-state index in [4.69, 9.17) is 5.73 Å². The molecule has 4 nitrogen and oxygen atoms in total. The lowest BCUT2D eigenvalue weighted by Gasteiger charge is -2.27. The predicted molar refractivity (Wildman–Crippen MR) is 59.4 cm³/mol. The first-order valence-corrected chi connectivity index (χ1v) is 5.11. The SMILES string of the molecule is CC(C)N(CCCN)c1nccn1C. The van der Waals surface area contributed by atoms with E-state index >= 15 is 0 Å². The van der Waals surface area contributed by atoms with E-state index in [2.05, 4.69) is 23.7 Å². The fourth-order valence-corrected chi connectivity index (χ4v) is 1.49. The highest BCUT2D eigenvalue weighted by molar-refractivity contribution is 5.31. The van der Waals surface area contributed by atoms with Gasteiger partial charge in [0.25, 0.3) is 0 Å². The first-order chi connectivity index (χ1) is 6.66. The molecule has 0 saturated carbocycles. The third kappa shape index (κ3) is 2.48. The molecule has 0 aliphatic carbocycles. The minimum Gasteiger partial charge on any atom is -0.340 e. The average Bonchev–Trinajstić information content (AvgIpc) is 2.52. The zero-order chi connectivity index (χ0) is 10.6. The van der Waals surface area contributed by atoms with E-state index in [-0.39, 0.29) is 0 Å². The Balaban J connectivity index is 2.73. The molecular formula is C10H20N4. The molecule has 0 aliphatic heterocycles. The van der Waals surface area contributed by atoms with Crippen LogP contribution in [0, 0.1) is 0 Å². The van der Waals surface area contributed by atoms with E-state index in [1.807, 2.05) is 24.0 Å². The molecule has 1 aromatic rings. The van der Waals surface area contributed by atoms with Crippen molar-refractivity contribution in [2.24, 2.45) is 12.8 Å². The van der Waals surface area contributed by atoms with E-state index in [1.54, 1.807) is 0 Å². The second kappa shape index (κ2) is 5.00. The summed E-state index contributed by atoms with van der Waals surface area (Å²) in [5.74, 6) is 1.02. The van der Waals surface area contributed by atoms with Crippen molar-refractivity contribution in [3.63, 3.8) is 0 Å². The maximum Gasteiger partial charge on any atom is 0.205 e. The van der Waals surface area contributed by atoms with Crippen LogP contribution in [0.15, 0.2) is 12.4 Å². The highest BCUT2D eigenvalue weighted by Crippen LogP contribution is 2.13. The van der Waals surface area contributed by atoms with Crippen molar-refractivity contribution in [3.05, 3.63) is 12.4 Å². The highest BCUT2D eigenvalue weighted by atomic mass is 15.3. The molecule has 0 radical (unpaired) electrons. The van der Waals surface area contributed by atoms with Crippen molar-refractivity contribution < 1.29 is 0 Å². The van der Waals surface area contributed by atoms with Crippen LogP contribution in [0.25, 0.3) is 0 Å². The molecule has 80 valence electrons. The molecule has 0 atom stereocenters. The maximum absolute atomic E-state index is 5.51. The lowest BCUT2D eigenvalue weighted by molar-refractivity contribution is 0.627. The molecule has 0 aliphatic rings. The van der Waals surface area contributed by atoms with Crippen molar-refractivity contribution in [1.29, 1.82) is 0 Å². The van der Waals surface area contributed by atoms with Crippen molar-refractivity contribution >= 4 is 5.95 Å². The van der Waals surface area contributed by atoms with Gasteiger partial charge in [-0.15, -0.1) is 0 Å². The van der Waals surface area contributed by atoms with E-state index in [1.165, 1.54) is 0 Å². The Bertz CT molecular complexity index is 267. The van der Waals surface area contributed by atoms with Gasteiger partial charge in [-0.25, -0.2) is 4.98 Å². The van der Waals surface area contributed by atoms with Gasteiger partial charge < -0.3 is 15.2 Å². The molecule has 1 heterocycles. The Hall–Kier alpha value is -1.03. The Labute approximate surface area is 85.7 Å². The lowest BCUT2D eigenvalue weighted by Crippen LogP contribution is -2.34. The van der Waals surface area contributed by atoms with Crippen LogP contribution in [0.3, 0.4) is 0 Å². The number of nitrogens with two attached hydrogens (primary N) is 1. The van der Waals surface area contributed by atoms with Crippen molar-refractivity contribution in [2.45, 2.75) is 26.3 Å². The summed E-state index contributed by atoms with van der Waals surface area (Å²) in [5, 5.41) is 0. The second-order valence-electron chi connectivity index (χ2n) is 3.77. The summed E-state index contributed by atoms with van der Waals surface area (Å²) in [4.78, 5) is 6.61.